The Balaban J connectivity index is 1.95. The summed E-state index contributed by atoms with van der Waals surface area (Å²) in [4.78, 5) is 13.2. The van der Waals surface area contributed by atoms with Gasteiger partial charge < -0.3 is 9.72 Å². The van der Waals surface area contributed by atoms with Gasteiger partial charge in [0.2, 0.25) is 0 Å². The molecule has 0 saturated carbocycles. The number of hydrogen-bond donors (Lipinski definition) is 1. The van der Waals surface area contributed by atoms with Crippen LogP contribution in [0.3, 0.4) is 0 Å². The number of imidazole rings is 1. The molecule has 0 fully saturated rings. The van der Waals surface area contributed by atoms with Crippen molar-refractivity contribution in [1.29, 1.82) is 5.26 Å². The van der Waals surface area contributed by atoms with Crippen LogP contribution >= 0.6 is 11.6 Å². The van der Waals surface area contributed by atoms with Gasteiger partial charge >= 0.3 is 18.4 Å². The summed E-state index contributed by atoms with van der Waals surface area (Å²) < 4.78 is 93.5. The summed E-state index contributed by atoms with van der Waals surface area (Å²) in [6, 6.07) is 4.34. The van der Waals surface area contributed by atoms with Gasteiger partial charge in [0.05, 0.1) is 16.3 Å². The maximum Gasteiger partial charge on any atom is 0.434 e. The van der Waals surface area contributed by atoms with Gasteiger partial charge in [0, 0.05) is 18.0 Å². The molecule has 2 aromatic heterocycles. The number of halogens is 8. The van der Waals surface area contributed by atoms with Gasteiger partial charge in [-0.2, -0.15) is 31.6 Å². The Hall–Kier alpha value is -3.40. The highest BCUT2D eigenvalue weighted by Crippen LogP contribution is 2.36. The van der Waals surface area contributed by atoms with Gasteiger partial charge in [-0.05, 0) is 12.1 Å². The van der Waals surface area contributed by atoms with Gasteiger partial charge in [0.25, 0.3) is 6.10 Å². The van der Waals surface area contributed by atoms with E-state index >= 15 is 0 Å². The third kappa shape index (κ3) is 4.69. The van der Waals surface area contributed by atoms with Gasteiger partial charge in [-0.25, -0.2) is 19.3 Å². The molecule has 0 aliphatic rings. The zero-order valence-electron chi connectivity index (χ0n) is 14.7. The molecule has 0 atom stereocenters. The average Bonchev–Trinajstić information content (AvgIpc) is 3.08. The van der Waals surface area contributed by atoms with E-state index in [-0.39, 0.29) is 33.4 Å². The summed E-state index contributed by atoms with van der Waals surface area (Å²) in [5.41, 5.74) is -0.515. The Morgan fingerprint density at radius 1 is 1.06 bits per heavy atom. The molecule has 1 aromatic carbocycles. The number of ether oxygens (including phenoxy) is 1. The Kier molecular flexibility index (Phi) is 5.77. The quantitative estimate of drug-likeness (QED) is 0.544. The summed E-state index contributed by atoms with van der Waals surface area (Å²) in [6.07, 6.45) is -14.0. The van der Waals surface area contributed by atoms with Crippen LogP contribution in [0.4, 0.5) is 30.7 Å². The fourth-order valence-corrected chi connectivity index (χ4v) is 2.69. The number of aromatic amines is 1. The van der Waals surface area contributed by atoms with Gasteiger partial charge in [-0.1, -0.05) is 17.7 Å². The topological polar surface area (TPSA) is 87.5 Å². The molecule has 2 heterocycles. The van der Waals surface area contributed by atoms with Crippen LogP contribution in [0.15, 0.2) is 30.6 Å². The number of benzene rings is 1. The lowest BCUT2D eigenvalue weighted by atomic mass is 10.2. The summed E-state index contributed by atoms with van der Waals surface area (Å²) in [7, 11) is 0. The van der Waals surface area contributed by atoms with Crippen molar-refractivity contribution in [2.24, 2.45) is 0 Å². The highest BCUT2D eigenvalue weighted by Gasteiger charge is 2.59. The molecule has 0 amide bonds. The monoisotopic (exact) mass is 465 g/mol. The second-order valence-corrected chi connectivity index (χ2v) is 6.26. The van der Waals surface area contributed by atoms with Crippen molar-refractivity contribution in [1.82, 2.24) is 19.9 Å². The molecule has 0 unspecified atom stereocenters. The Morgan fingerprint density at radius 3 is 2.19 bits per heavy atom. The molecule has 6 nitrogen and oxygen atoms in total. The molecule has 0 saturated heterocycles. The minimum atomic E-state index is -5.74. The molecule has 0 bridgehead atoms. The molecule has 0 spiro atoms. The standard InChI is InChI=1S/C17H7ClF7N5O/c18-8-2-1-3-9(19)11(8)13-29-10(4-26)12(30-13)7-5-27-15(28-6-7)31-14(16(20,21)22)17(23,24)25/h1-3,5-6,14H,(H,29,30). The van der Waals surface area contributed by atoms with Crippen LogP contribution in [0.25, 0.3) is 22.6 Å². The van der Waals surface area contributed by atoms with E-state index in [0.29, 0.717) is 0 Å². The SMILES string of the molecule is N#Cc1nc(-c2c(F)cccc2Cl)[nH]c1-c1cnc(OC(C(F)(F)F)C(F)(F)F)nc1. The van der Waals surface area contributed by atoms with Crippen LogP contribution in [-0.4, -0.2) is 38.4 Å². The minimum Gasteiger partial charge on any atom is -0.441 e. The Morgan fingerprint density at radius 2 is 1.68 bits per heavy atom. The number of rotatable bonds is 4. The number of nitrogens with zero attached hydrogens (tertiary/aromatic N) is 4. The number of alkyl halides is 6. The second kappa shape index (κ2) is 8.03. The molecule has 3 aromatic rings. The maximum absolute atomic E-state index is 14.1. The number of nitrogens with one attached hydrogen (secondary N) is 1. The Labute approximate surface area is 173 Å². The number of aromatic nitrogens is 4. The van der Waals surface area contributed by atoms with E-state index in [4.69, 9.17) is 11.6 Å². The van der Waals surface area contributed by atoms with Crippen molar-refractivity contribution >= 4 is 11.6 Å². The van der Waals surface area contributed by atoms with Crippen LogP contribution in [0, 0.1) is 17.1 Å². The van der Waals surface area contributed by atoms with Gasteiger partial charge in [0.15, 0.2) is 5.69 Å². The molecule has 0 aliphatic carbocycles. The zero-order valence-corrected chi connectivity index (χ0v) is 15.4. The van der Waals surface area contributed by atoms with Crippen molar-refractivity contribution in [2.45, 2.75) is 18.5 Å². The van der Waals surface area contributed by atoms with Crippen molar-refractivity contribution in [3.63, 3.8) is 0 Å². The molecule has 0 aliphatic heterocycles. The van der Waals surface area contributed by atoms with Gasteiger partial charge in [-0.15, -0.1) is 0 Å². The second-order valence-electron chi connectivity index (χ2n) is 5.85. The first-order valence-electron chi connectivity index (χ1n) is 7.98. The van der Waals surface area contributed by atoms with Crippen molar-refractivity contribution in [2.75, 3.05) is 0 Å². The van der Waals surface area contributed by atoms with E-state index in [1.165, 1.54) is 12.1 Å². The number of hydrogen-bond acceptors (Lipinski definition) is 5. The molecule has 0 radical (unpaired) electrons. The first-order valence-corrected chi connectivity index (χ1v) is 8.36. The molecular formula is C17H7ClF7N5O. The molecule has 31 heavy (non-hydrogen) atoms. The molecule has 162 valence electrons. The lowest BCUT2D eigenvalue weighted by Crippen LogP contribution is -2.46. The van der Waals surface area contributed by atoms with E-state index in [9.17, 15) is 36.0 Å². The normalized spacial score (nSPS) is 12.1. The highest BCUT2D eigenvalue weighted by molar-refractivity contribution is 6.33. The van der Waals surface area contributed by atoms with Gasteiger partial charge in [0.1, 0.15) is 17.7 Å². The van der Waals surface area contributed by atoms with Crippen LogP contribution in [-0.2, 0) is 0 Å². The van der Waals surface area contributed by atoms with E-state index in [1.807, 2.05) is 0 Å². The average molecular weight is 466 g/mol. The predicted molar refractivity (Wildman–Crippen MR) is 91.3 cm³/mol. The number of nitriles is 1. The molecule has 14 heteroatoms. The zero-order chi connectivity index (χ0) is 23.0. The van der Waals surface area contributed by atoms with Crippen molar-refractivity contribution in [3.8, 4) is 34.7 Å². The third-order valence-corrected chi connectivity index (χ3v) is 4.06. The molecule has 1 N–H and O–H groups in total. The smallest absolute Gasteiger partial charge is 0.434 e. The van der Waals surface area contributed by atoms with Crippen LogP contribution in [0.5, 0.6) is 6.01 Å². The summed E-state index contributed by atoms with van der Waals surface area (Å²) in [5, 5.41) is 9.24. The fraction of sp³-hybridized carbons (Fsp3) is 0.176. The van der Waals surface area contributed by atoms with Crippen molar-refractivity contribution in [3.05, 3.63) is 47.1 Å². The van der Waals surface area contributed by atoms with Crippen LogP contribution < -0.4 is 4.74 Å². The lowest BCUT2D eigenvalue weighted by Gasteiger charge is -2.22. The predicted octanol–water partition coefficient (Wildman–Crippen LogP) is 5.07. The van der Waals surface area contributed by atoms with Crippen molar-refractivity contribution < 1.29 is 35.5 Å². The van der Waals surface area contributed by atoms with E-state index in [1.54, 1.807) is 6.07 Å². The molecular weight excluding hydrogens is 459 g/mol. The summed E-state index contributed by atoms with van der Waals surface area (Å²) >= 11 is 5.95. The van der Waals surface area contributed by atoms with Crippen LogP contribution in [0.1, 0.15) is 5.69 Å². The number of H-pyrrole nitrogens is 1. The maximum atomic E-state index is 14.1. The summed E-state index contributed by atoms with van der Waals surface area (Å²) in [6.45, 7) is 0. The van der Waals surface area contributed by atoms with Gasteiger partial charge in [-0.3, -0.25) is 0 Å². The molecule has 3 rings (SSSR count). The van der Waals surface area contributed by atoms with E-state index < -0.39 is 30.3 Å². The summed E-state index contributed by atoms with van der Waals surface area (Å²) in [5.74, 6) is -0.883. The first kappa shape index (κ1) is 22.3. The third-order valence-electron chi connectivity index (χ3n) is 3.74. The largest absolute Gasteiger partial charge is 0.441 e. The highest BCUT2D eigenvalue weighted by atomic mass is 35.5. The van der Waals surface area contributed by atoms with E-state index in [2.05, 4.69) is 24.7 Å². The minimum absolute atomic E-state index is 0.0184. The van der Waals surface area contributed by atoms with E-state index in [0.717, 1.165) is 18.5 Å². The Bertz CT molecular complexity index is 1100. The first-order chi connectivity index (χ1) is 14.4. The fourth-order valence-electron chi connectivity index (χ4n) is 2.44. The lowest BCUT2D eigenvalue weighted by molar-refractivity contribution is -0.301. The van der Waals surface area contributed by atoms with Crippen LogP contribution in [0.2, 0.25) is 5.02 Å².